The Bertz CT molecular complexity index is 987. The van der Waals surface area contributed by atoms with Crippen LogP contribution in [0.2, 0.25) is 0 Å². The van der Waals surface area contributed by atoms with E-state index < -0.39 is 0 Å². The minimum Gasteiger partial charge on any atom is -0.365 e. The number of nitrogens with zero attached hydrogens (tertiary/aromatic N) is 4. The SMILES string of the molecule is Cc1sc2ncnc(NCc3ccc(Cn4ccnc4)cc3)c2c1C. The van der Waals surface area contributed by atoms with E-state index in [0.717, 1.165) is 29.1 Å². The van der Waals surface area contributed by atoms with E-state index in [0.29, 0.717) is 0 Å². The fourth-order valence-corrected chi connectivity index (χ4v) is 3.85. The van der Waals surface area contributed by atoms with Crippen LogP contribution in [0, 0.1) is 13.8 Å². The topological polar surface area (TPSA) is 55.6 Å². The molecule has 0 spiro atoms. The van der Waals surface area contributed by atoms with E-state index in [1.807, 2.05) is 12.5 Å². The Morgan fingerprint density at radius 2 is 1.88 bits per heavy atom. The number of benzene rings is 1. The molecule has 3 aromatic heterocycles. The summed E-state index contributed by atoms with van der Waals surface area (Å²) in [5.41, 5.74) is 3.75. The fraction of sp³-hybridized carbons (Fsp3) is 0.211. The molecule has 4 rings (SSSR count). The lowest BCUT2D eigenvalue weighted by Crippen LogP contribution is -2.03. The van der Waals surface area contributed by atoms with Crippen molar-refractivity contribution in [2.45, 2.75) is 26.9 Å². The summed E-state index contributed by atoms with van der Waals surface area (Å²) in [6.45, 7) is 5.84. The molecule has 0 unspecified atom stereocenters. The molecule has 0 fully saturated rings. The van der Waals surface area contributed by atoms with Gasteiger partial charge < -0.3 is 9.88 Å². The Morgan fingerprint density at radius 1 is 1.08 bits per heavy atom. The van der Waals surface area contributed by atoms with E-state index in [9.17, 15) is 0 Å². The van der Waals surface area contributed by atoms with Crippen LogP contribution >= 0.6 is 11.3 Å². The first-order valence-electron chi connectivity index (χ1n) is 8.19. The first-order chi connectivity index (χ1) is 12.2. The summed E-state index contributed by atoms with van der Waals surface area (Å²) >= 11 is 1.72. The maximum absolute atomic E-state index is 4.44. The Kier molecular flexibility index (Phi) is 4.19. The molecule has 25 heavy (non-hydrogen) atoms. The molecule has 0 aliphatic rings. The highest BCUT2D eigenvalue weighted by Crippen LogP contribution is 2.32. The van der Waals surface area contributed by atoms with Crippen molar-refractivity contribution in [2.75, 3.05) is 5.32 Å². The van der Waals surface area contributed by atoms with E-state index in [4.69, 9.17) is 0 Å². The molecule has 4 aromatic rings. The van der Waals surface area contributed by atoms with Gasteiger partial charge in [-0.05, 0) is 30.5 Å². The number of fused-ring (bicyclic) bond motifs is 1. The second-order valence-electron chi connectivity index (χ2n) is 6.09. The fourth-order valence-electron chi connectivity index (χ4n) is 2.86. The van der Waals surface area contributed by atoms with Gasteiger partial charge in [0.05, 0.1) is 11.7 Å². The first-order valence-corrected chi connectivity index (χ1v) is 9.00. The Hall–Kier alpha value is -2.73. The number of nitrogens with one attached hydrogen (secondary N) is 1. The van der Waals surface area contributed by atoms with Crippen LogP contribution in [0.1, 0.15) is 21.6 Å². The smallest absolute Gasteiger partial charge is 0.138 e. The Morgan fingerprint density at radius 3 is 2.64 bits per heavy atom. The Balaban J connectivity index is 1.48. The lowest BCUT2D eigenvalue weighted by atomic mass is 10.1. The van der Waals surface area contributed by atoms with Crippen LogP contribution in [0.3, 0.4) is 0 Å². The second kappa shape index (κ2) is 6.64. The van der Waals surface area contributed by atoms with Crippen LogP contribution in [0.15, 0.2) is 49.3 Å². The molecule has 126 valence electrons. The summed E-state index contributed by atoms with van der Waals surface area (Å²) in [5, 5.41) is 4.60. The van der Waals surface area contributed by atoms with Crippen LogP contribution in [0.5, 0.6) is 0 Å². The molecule has 0 aliphatic heterocycles. The molecule has 3 heterocycles. The van der Waals surface area contributed by atoms with Gasteiger partial charge in [-0.1, -0.05) is 24.3 Å². The third-order valence-corrected chi connectivity index (χ3v) is 5.49. The first kappa shape index (κ1) is 15.8. The summed E-state index contributed by atoms with van der Waals surface area (Å²) in [6, 6.07) is 8.63. The van der Waals surface area contributed by atoms with Gasteiger partial charge in [-0.3, -0.25) is 0 Å². The second-order valence-corrected chi connectivity index (χ2v) is 7.29. The van der Waals surface area contributed by atoms with Gasteiger partial charge in [-0.2, -0.15) is 0 Å². The molecule has 0 radical (unpaired) electrons. The lowest BCUT2D eigenvalue weighted by molar-refractivity contribution is 0.797. The predicted molar refractivity (Wildman–Crippen MR) is 102 cm³/mol. The van der Waals surface area contributed by atoms with Gasteiger partial charge in [0.15, 0.2) is 0 Å². The van der Waals surface area contributed by atoms with Crippen molar-refractivity contribution in [3.63, 3.8) is 0 Å². The monoisotopic (exact) mass is 349 g/mol. The van der Waals surface area contributed by atoms with E-state index in [1.165, 1.54) is 21.6 Å². The molecule has 1 N–H and O–H groups in total. The number of aromatic nitrogens is 4. The highest BCUT2D eigenvalue weighted by molar-refractivity contribution is 7.18. The third kappa shape index (κ3) is 3.25. The minimum atomic E-state index is 0.742. The summed E-state index contributed by atoms with van der Waals surface area (Å²) in [6.07, 6.45) is 7.24. The molecule has 0 saturated carbocycles. The molecule has 0 saturated heterocycles. The van der Waals surface area contributed by atoms with E-state index in [2.05, 4.69) is 62.9 Å². The lowest BCUT2D eigenvalue weighted by Gasteiger charge is -2.09. The van der Waals surface area contributed by atoms with Crippen molar-refractivity contribution in [1.29, 1.82) is 0 Å². The number of thiophene rings is 1. The normalized spacial score (nSPS) is 11.1. The zero-order valence-electron chi connectivity index (χ0n) is 14.2. The third-order valence-electron chi connectivity index (χ3n) is 4.37. The molecule has 6 heteroatoms. The quantitative estimate of drug-likeness (QED) is 0.588. The largest absolute Gasteiger partial charge is 0.365 e. The van der Waals surface area contributed by atoms with E-state index in [1.54, 1.807) is 23.9 Å². The summed E-state index contributed by atoms with van der Waals surface area (Å²) in [4.78, 5) is 15.2. The number of anilines is 1. The molecular formula is C19H19N5S. The minimum absolute atomic E-state index is 0.742. The van der Waals surface area contributed by atoms with Crippen LogP contribution in [-0.4, -0.2) is 19.5 Å². The molecule has 0 aliphatic carbocycles. The van der Waals surface area contributed by atoms with Gasteiger partial charge >= 0.3 is 0 Å². The molecular weight excluding hydrogens is 330 g/mol. The Labute approximate surface area is 150 Å². The molecule has 1 aromatic carbocycles. The van der Waals surface area contributed by atoms with Crippen LogP contribution < -0.4 is 5.32 Å². The van der Waals surface area contributed by atoms with Gasteiger partial charge in [0.25, 0.3) is 0 Å². The zero-order valence-corrected chi connectivity index (χ0v) is 15.0. The van der Waals surface area contributed by atoms with E-state index >= 15 is 0 Å². The predicted octanol–water partition coefficient (Wildman–Crippen LogP) is 4.17. The van der Waals surface area contributed by atoms with Crippen molar-refractivity contribution in [2.24, 2.45) is 0 Å². The van der Waals surface area contributed by atoms with Crippen molar-refractivity contribution in [3.8, 4) is 0 Å². The highest BCUT2D eigenvalue weighted by Gasteiger charge is 2.11. The van der Waals surface area contributed by atoms with Crippen molar-refractivity contribution >= 4 is 27.4 Å². The molecule has 5 nitrogen and oxygen atoms in total. The summed E-state index contributed by atoms with van der Waals surface area (Å²) < 4.78 is 2.06. The standard InChI is InChI=1S/C19H19N5S/c1-13-14(2)25-19-17(13)18(22-11-23-19)21-9-15-3-5-16(6-4-15)10-24-8-7-20-12-24/h3-8,11-12H,9-10H2,1-2H3,(H,21,22,23). The van der Waals surface area contributed by atoms with Gasteiger partial charge in [0.1, 0.15) is 17.0 Å². The van der Waals surface area contributed by atoms with Gasteiger partial charge in [0, 0.05) is 30.4 Å². The molecule has 0 amide bonds. The maximum atomic E-state index is 4.44. The van der Waals surface area contributed by atoms with Gasteiger partial charge in [-0.25, -0.2) is 15.0 Å². The maximum Gasteiger partial charge on any atom is 0.138 e. The van der Waals surface area contributed by atoms with Crippen LogP contribution in [-0.2, 0) is 13.1 Å². The highest BCUT2D eigenvalue weighted by atomic mass is 32.1. The van der Waals surface area contributed by atoms with Crippen molar-refractivity contribution in [1.82, 2.24) is 19.5 Å². The van der Waals surface area contributed by atoms with E-state index in [-0.39, 0.29) is 0 Å². The number of rotatable bonds is 5. The number of hydrogen-bond donors (Lipinski definition) is 1. The number of imidazole rings is 1. The average molecular weight is 349 g/mol. The van der Waals surface area contributed by atoms with Gasteiger partial charge in [0.2, 0.25) is 0 Å². The van der Waals surface area contributed by atoms with Crippen molar-refractivity contribution < 1.29 is 0 Å². The van der Waals surface area contributed by atoms with Gasteiger partial charge in [-0.15, -0.1) is 11.3 Å². The summed E-state index contributed by atoms with van der Waals surface area (Å²) in [7, 11) is 0. The summed E-state index contributed by atoms with van der Waals surface area (Å²) in [5.74, 6) is 0.911. The van der Waals surface area contributed by atoms with Crippen LogP contribution in [0.25, 0.3) is 10.2 Å². The molecule has 0 atom stereocenters. The zero-order chi connectivity index (χ0) is 17.2. The van der Waals surface area contributed by atoms with Crippen molar-refractivity contribution in [3.05, 3.63) is 70.9 Å². The molecule has 0 bridgehead atoms. The number of aryl methyl sites for hydroxylation is 2. The number of hydrogen-bond acceptors (Lipinski definition) is 5. The average Bonchev–Trinajstić information content (AvgIpc) is 3.23. The van der Waals surface area contributed by atoms with Crippen LogP contribution in [0.4, 0.5) is 5.82 Å².